The summed E-state index contributed by atoms with van der Waals surface area (Å²) in [4.78, 5) is 13.4. The van der Waals surface area contributed by atoms with Crippen molar-refractivity contribution in [2.24, 2.45) is 0 Å². The van der Waals surface area contributed by atoms with Crippen molar-refractivity contribution in [2.75, 3.05) is 13.1 Å². The van der Waals surface area contributed by atoms with Crippen molar-refractivity contribution in [2.45, 2.75) is 38.9 Å². The molecule has 132 valence electrons. The Labute approximate surface area is 149 Å². The number of likely N-dealkylation sites (tertiary alicyclic amines) is 1. The molecule has 1 saturated heterocycles. The lowest BCUT2D eigenvalue weighted by Gasteiger charge is -2.32. The molecule has 3 rings (SSSR count). The smallest absolute Gasteiger partial charge is 0.335 e. The summed E-state index contributed by atoms with van der Waals surface area (Å²) in [6, 6.07) is 16.3. The molecule has 0 amide bonds. The molecule has 1 aliphatic heterocycles. The second kappa shape index (κ2) is 8.28. The van der Waals surface area contributed by atoms with Crippen LogP contribution in [0.5, 0.6) is 0 Å². The van der Waals surface area contributed by atoms with Gasteiger partial charge in [-0.2, -0.15) is 0 Å². The molecule has 0 unspecified atom stereocenters. The predicted octanol–water partition coefficient (Wildman–Crippen LogP) is 3.45. The highest BCUT2D eigenvalue weighted by Gasteiger charge is 2.19. The van der Waals surface area contributed by atoms with E-state index < -0.39 is 5.97 Å². The largest absolute Gasteiger partial charge is 0.478 e. The van der Waals surface area contributed by atoms with Crippen LogP contribution in [-0.4, -0.2) is 35.1 Å². The standard InChI is InChI=1S/C21H26N2O2/c1-16-4-2-3-5-19(16)15-23-12-10-20(11-13-23)22-14-17-6-8-18(9-7-17)21(24)25/h2-9,20,22H,10-15H2,1H3,(H,24,25). The van der Waals surface area contributed by atoms with Gasteiger partial charge in [0.2, 0.25) is 0 Å². The van der Waals surface area contributed by atoms with Crippen molar-refractivity contribution in [1.82, 2.24) is 10.2 Å². The van der Waals surface area contributed by atoms with Gasteiger partial charge in [0.1, 0.15) is 0 Å². The molecule has 2 N–H and O–H groups in total. The molecular formula is C21H26N2O2. The summed E-state index contributed by atoms with van der Waals surface area (Å²) in [6.07, 6.45) is 2.30. The van der Waals surface area contributed by atoms with Crippen LogP contribution in [0.15, 0.2) is 48.5 Å². The quantitative estimate of drug-likeness (QED) is 0.847. The van der Waals surface area contributed by atoms with Crippen LogP contribution in [0.4, 0.5) is 0 Å². The first-order valence-electron chi connectivity index (χ1n) is 8.94. The zero-order valence-electron chi connectivity index (χ0n) is 14.7. The number of carboxylic acid groups (broad SMARTS) is 1. The van der Waals surface area contributed by atoms with Crippen molar-refractivity contribution >= 4 is 5.97 Å². The maximum atomic E-state index is 10.9. The van der Waals surface area contributed by atoms with Crippen LogP contribution in [0, 0.1) is 6.92 Å². The number of hydrogen-bond donors (Lipinski definition) is 2. The Morgan fingerprint density at radius 3 is 2.44 bits per heavy atom. The first-order valence-corrected chi connectivity index (χ1v) is 8.94. The third-order valence-corrected chi connectivity index (χ3v) is 5.04. The number of carboxylic acids is 1. The molecule has 0 bridgehead atoms. The van der Waals surface area contributed by atoms with E-state index >= 15 is 0 Å². The highest BCUT2D eigenvalue weighted by Crippen LogP contribution is 2.16. The number of hydrogen-bond acceptors (Lipinski definition) is 3. The molecule has 25 heavy (non-hydrogen) atoms. The third-order valence-electron chi connectivity index (χ3n) is 5.04. The van der Waals surface area contributed by atoms with Gasteiger partial charge in [0.05, 0.1) is 5.56 Å². The average molecular weight is 338 g/mol. The highest BCUT2D eigenvalue weighted by molar-refractivity contribution is 5.87. The van der Waals surface area contributed by atoms with Gasteiger partial charge < -0.3 is 10.4 Å². The Morgan fingerprint density at radius 1 is 1.12 bits per heavy atom. The fourth-order valence-corrected chi connectivity index (χ4v) is 3.35. The second-order valence-corrected chi connectivity index (χ2v) is 6.86. The number of aryl methyl sites for hydroxylation is 1. The average Bonchev–Trinajstić information content (AvgIpc) is 2.63. The van der Waals surface area contributed by atoms with Crippen LogP contribution in [0.3, 0.4) is 0 Å². The Bertz CT molecular complexity index is 704. The van der Waals surface area contributed by atoms with Crippen LogP contribution in [0.25, 0.3) is 0 Å². The minimum atomic E-state index is -0.875. The van der Waals surface area contributed by atoms with Gasteiger partial charge in [0, 0.05) is 19.1 Å². The van der Waals surface area contributed by atoms with Crippen molar-refractivity contribution in [3.63, 3.8) is 0 Å². The summed E-state index contributed by atoms with van der Waals surface area (Å²) in [5.74, 6) is -0.875. The van der Waals surface area contributed by atoms with E-state index in [0.717, 1.165) is 44.6 Å². The first-order chi connectivity index (χ1) is 12.1. The number of piperidine rings is 1. The Balaban J connectivity index is 1.43. The molecule has 0 saturated carbocycles. The maximum absolute atomic E-state index is 10.9. The van der Waals surface area contributed by atoms with Crippen LogP contribution in [0.1, 0.15) is 39.9 Å². The van der Waals surface area contributed by atoms with E-state index in [4.69, 9.17) is 5.11 Å². The number of nitrogens with one attached hydrogen (secondary N) is 1. The molecule has 4 nitrogen and oxygen atoms in total. The van der Waals surface area contributed by atoms with Crippen LogP contribution >= 0.6 is 0 Å². The number of nitrogens with zero attached hydrogens (tertiary/aromatic N) is 1. The number of carbonyl (C=O) groups is 1. The number of aromatic carboxylic acids is 1. The van der Waals surface area contributed by atoms with Crippen LogP contribution in [0.2, 0.25) is 0 Å². The second-order valence-electron chi connectivity index (χ2n) is 6.86. The molecule has 1 heterocycles. The van der Waals surface area contributed by atoms with E-state index in [0.29, 0.717) is 11.6 Å². The van der Waals surface area contributed by atoms with Crippen LogP contribution in [-0.2, 0) is 13.1 Å². The van der Waals surface area contributed by atoms with Gasteiger partial charge >= 0.3 is 5.97 Å². The van der Waals surface area contributed by atoms with E-state index in [1.165, 1.54) is 11.1 Å². The summed E-state index contributed by atoms with van der Waals surface area (Å²) in [5, 5.41) is 12.5. The minimum absolute atomic E-state index is 0.341. The molecule has 1 fully saturated rings. The van der Waals surface area contributed by atoms with Gasteiger partial charge in [-0.05, 0) is 61.7 Å². The molecule has 0 atom stereocenters. The molecule has 2 aromatic rings. The number of benzene rings is 2. The van der Waals surface area contributed by atoms with E-state index in [1.54, 1.807) is 12.1 Å². The molecule has 4 heteroatoms. The van der Waals surface area contributed by atoms with Crippen LogP contribution < -0.4 is 5.32 Å². The van der Waals surface area contributed by atoms with Gasteiger partial charge in [-0.25, -0.2) is 4.79 Å². The lowest BCUT2D eigenvalue weighted by Crippen LogP contribution is -2.41. The highest BCUT2D eigenvalue weighted by atomic mass is 16.4. The summed E-state index contributed by atoms with van der Waals surface area (Å²) >= 11 is 0. The topological polar surface area (TPSA) is 52.6 Å². The van der Waals surface area contributed by atoms with Gasteiger partial charge in [0.15, 0.2) is 0 Å². The summed E-state index contributed by atoms with van der Waals surface area (Å²) in [7, 11) is 0. The Kier molecular flexibility index (Phi) is 5.84. The van der Waals surface area contributed by atoms with E-state index in [-0.39, 0.29) is 0 Å². The monoisotopic (exact) mass is 338 g/mol. The zero-order valence-corrected chi connectivity index (χ0v) is 14.7. The zero-order chi connectivity index (χ0) is 17.6. The SMILES string of the molecule is Cc1ccccc1CN1CCC(NCc2ccc(C(=O)O)cc2)CC1. The molecule has 0 aliphatic carbocycles. The summed E-state index contributed by atoms with van der Waals surface area (Å²) in [5.41, 5.74) is 4.26. The molecule has 1 aliphatic rings. The van der Waals surface area contributed by atoms with Crippen molar-refractivity contribution in [1.29, 1.82) is 0 Å². The number of rotatable bonds is 6. The maximum Gasteiger partial charge on any atom is 0.335 e. The molecule has 0 radical (unpaired) electrons. The van der Waals surface area contributed by atoms with Gasteiger partial charge in [0.25, 0.3) is 0 Å². The Morgan fingerprint density at radius 2 is 1.80 bits per heavy atom. The third kappa shape index (κ3) is 4.91. The Hall–Kier alpha value is -2.17. The van der Waals surface area contributed by atoms with Crippen molar-refractivity contribution in [3.8, 4) is 0 Å². The van der Waals surface area contributed by atoms with Gasteiger partial charge in [-0.15, -0.1) is 0 Å². The molecule has 0 aromatic heterocycles. The fraction of sp³-hybridized carbons (Fsp3) is 0.381. The predicted molar refractivity (Wildman–Crippen MR) is 99.7 cm³/mol. The van der Waals surface area contributed by atoms with Crippen molar-refractivity contribution < 1.29 is 9.90 Å². The van der Waals surface area contributed by atoms with Crippen molar-refractivity contribution in [3.05, 3.63) is 70.8 Å². The summed E-state index contributed by atoms with van der Waals surface area (Å²) in [6.45, 7) is 6.24. The van der Waals surface area contributed by atoms with Gasteiger partial charge in [-0.1, -0.05) is 36.4 Å². The minimum Gasteiger partial charge on any atom is -0.478 e. The molecular weight excluding hydrogens is 312 g/mol. The van der Waals surface area contributed by atoms with E-state index in [9.17, 15) is 4.79 Å². The molecule has 2 aromatic carbocycles. The summed E-state index contributed by atoms with van der Waals surface area (Å²) < 4.78 is 0. The normalized spacial score (nSPS) is 16.0. The van der Waals surface area contributed by atoms with E-state index in [2.05, 4.69) is 41.4 Å². The first kappa shape index (κ1) is 17.6. The lowest BCUT2D eigenvalue weighted by molar-refractivity contribution is 0.0697. The van der Waals surface area contributed by atoms with Gasteiger partial charge in [-0.3, -0.25) is 4.90 Å². The fourth-order valence-electron chi connectivity index (χ4n) is 3.35. The molecule has 0 spiro atoms. The lowest BCUT2D eigenvalue weighted by atomic mass is 10.0. The van der Waals surface area contributed by atoms with E-state index in [1.807, 2.05) is 12.1 Å².